The number of pyridine rings is 1. The molecule has 3 heterocycles. The van der Waals surface area contributed by atoms with Crippen LogP contribution in [0.1, 0.15) is 12.0 Å². The summed E-state index contributed by atoms with van der Waals surface area (Å²) < 4.78 is 50.1. The van der Waals surface area contributed by atoms with Crippen molar-refractivity contribution in [3.8, 4) is 11.5 Å². The lowest BCUT2D eigenvalue weighted by Crippen LogP contribution is -2.43. The molecule has 0 amide bonds. The molecule has 1 aliphatic heterocycles. The smallest absolute Gasteiger partial charge is 0.452 e. The van der Waals surface area contributed by atoms with Crippen molar-refractivity contribution in [2.75, 3.05) is 16.8 Å². The summed E-state index contributed by atoms with van der Waals surface area (Å²) in [6.45, 7) is -0.167. The zero-order valence-electron chi connectivity index (χ0n) is 18.8. The Balaban J connectivity index is 1.75. The fraction of sp³-hybridized carbons (Fsp3) is 0.318. The number of anilines is 2. The molecule has 10 nitrogen and oxygen atoms in total. The Morgan fingerprint density at radius 1 is 1.19 bits per heavy atom. The fourth-order valence-corrected chi connectivity index (χ4v) is 3.98. The van der Waals surface area contributed by atoms with Gasteiger partial charge in [-0.05, 0) is 30.2 Å². The van der Waals surface area contributed by atoms with Gasteiger partial charge in [-0.15, -0.1) is 13.2 Å². The summed E-state index contributed by atoms with van der Waals surface area (Å²) in [6.07, 6.45) is -2.82. The number of fused-ring (bicyclic) bond motifs is 1. The summed E-state index contributed by atoms with van der Waals surface area (Å²) in [5.41, 5.74) is -0.521. The van der Waals surface area contributed by atoms with Gasteiger partial charge in [-0.25, -0.2) is 4.79 Å². The predicted molar refractivity (Wildman–Crippen MR) is 124 cm³/mol. The van der Waals surface area contributed by atoms with Crippen molar-refractivity contribution in [3.05, 3.63) is 74.1 Å². The Morgan fingerprint density at radius 2 is 1.94 bits per heavy atom. The molecule has 3 aromatic rings. The largest absolute Gasteiger partial charge is 0.573 e. The van der Waals surface area contributed by atoms with E-state index in [1.54, 1.807) is 6.07 Å². The molecule has 1 aromatic carbocycles. The minimum Gasteiger partial charge on any atom is -0.452 e. The van der Waals surface area contributed by atoms with Crippen molar-refractivity contribution in [1.29, 1.82) is 0 Å². The Kier molecular flexibility index (Phi) is 7.13. The first-order valence-electron chi connectivity index (χ1n) is 10.7. The third-order valence-corrected chi connectivity index (χ3v) is 5.50. The molecule has 192 valence electrons. The molecule has 0 radical (unpaired) electrons. The second-order valence-electron chi connectivity index (χ2n) is 7.85. The van der Waals surface area contributed by atoms with E-state index in [4.69, 9.17) is 16.3 Å². The lowest BCUT2D eigenvalue weighted by molar-refractivity contribution is -0.274. The number of aliphatic hydroxyl groups is 1. The van der Waals surface area contributed by atoms with E-state index in [0.29, 0.717) is 10.6 Å². The van der Waals surface area contributed by atoms with E-state index in [-0.39, 0.29) is 43.4 Å². The molecular formula is C22H21ClF3N5O5. The van der Waals surface area contributed by atoms with Gasteiger partial charge >= 0.3 is 12.1 Å². The van der Waals surface area contributed by atoms with Crippen LogP contribution in [0.25, 0.3) is 0 Å². The number of ether oxygens (including phenoxy) is 2. The number of halogens is 4. The maximum absolute atomic E-state index is 13.4. The van der Waals surface area contributed by atoms with Crippen LogP contribution >= 0.6 is 11.6 Å². The highest BCUT2D eigenvalue weighted by atomic mass is 35.5. The molecule has 36 heavy (non-hydrogen) atoms. The molecule has 2 aromatic heterocycles. The van der Waals surface area contributed by atoms with Crippen LogP contribution in [0.4, 0.5) is 24.7 Å². The third-order valence-electron chi connectivity index (χ3n) is 5.30. The zero-order valence-corrected chi connectivity index (χ0v) is 19.6. The van der Waals surface area contributed by atoms with Gasteiger partial charge in [0.2, 0.25) is 0 Å². The minimum atomic E-state index is -4.88. The van der Waals surface area contributed by atoms with Gasteiger partial charge in [0.1, 0.15) is 23.0 Å². The third kappa shape index (κ3) is 5.41. The second kappa shape index (κ2) is 10.1. The molecule has 1 atom stereocenters. The Hall–Kier alpha value is -3.71. The molecule has 4 rings (SSSR count). The number of aliphatic hydroxyl groups excluding tert-OH is 1. The van der Waals surface area contributed by atoms with Crippen molar-refractivity contribution >= 4 is 23.1 Å². The van der Waals surface area contributed by atoms with Crippen LogP contribution in [0.3, 0.4) is 0 Å². The average Bonchev–Trinajstić information content (AvgIpc) is 3.15. The maximum atomic E-state index is 13.4. The quantitative estimate of drug-likeness (QED) is 0.460. The first-order valence-corrected chi connectivity index (χ1v) is 11.0. The predicted octanol–water partition coefficient (Wildman–Crippen LogP) is 2.67. The van der Waals surface area contributed by atoms with Crippen LogP contribution in [0.15, 0.2) is 52.3 Å². The Morgan fingerprint density at radius 3 is 2.64 bits per heavy atom. The normalized spacial score (nSPS) is 14.9. The fourth-order valence-electron chi connectivity index (χ4n) is 3.78. The van der Waals surface area contributed by atoms with E-state index < -0.39 is 29.7 Å². The van der Waals surface area contributed by atoms with Crippen LogP contribution in [0, 0.1) is 0 Å². The summed E-state index contributed by atoms with van der Waals surface area (Å²) in [6, 6.07) is 6.55. The number of hydrogen-bond acceptors (Lipinski definition) is 8. The van der Waals surface area contributed by atoms with Crippen molar-refractivity contribution in [2.45, 2.75) is 32.2 Å². The summed E-state index contributed by atoms with van der Waals surface area (Å²) in [4.78, 5) is 31.7. The van der Waals surface area contributed by atoms with Crippen LogP contribution in [0.5, 0.6) is 11.5 Å². The summed E-state index contributed by atoms with van der Waals surface area (Å²) >= 11 is 6.06. The number of aromatic nitrogens is 3. The second-order valence-corrected chi connectivity index (χ2v) is 8.29. The molecule has 2 N–H and O–H groups in total. The van der Waals surface area contributed by atoms with Crippen molar-refractivity contribution < 1.29 is 27.8 Å². The van der Waals surface area contributed by atoms with Gasteiger partial charge in [0.25, 0.3) is 11.9 Å². The lowest BCUT2D eigenvalue weighted by atomic mass is 10.2. The average molecular weight is 528 g/mol. The van der Waals surface area contributed by atoms with E-state index in [9.17, 15) is 27.9 Å². The van der Waals surface area contributed by atoms with Crippen LogP contribution in [-0.2, 0) is 20.1 Å². The molecule has 0 fully saturated rings. The summed E-state index contributed by atoms with van der Waals surface area (Å²) in [5.74, 6) is -0.310. The molecule has 1 unspecified atom stereocenters. The van der Waals surface area contributed by atoms with Crippen LogP contribution in [0.2, 0.25) is 5.02 Å². The standard InChI is InChI=1S/C22H21ClF3N5O5/c1-29-18-17(19(33)30(21(29)34)6-3-7-32)31(12-13-8-14(23)11-27-10-13)20(28-18)35-15-4-2-5-16(9-15)36-22(24,25)26/h2,4-5,8-11,20,28,32H,3,6-7,12H2,1H3. The molecule has 0 spiro atoms. The van der Waals surface area contributed by atoms with Crippen molar-refractivity contribution in [3.63, 3.8) is 0 Å². The highest BCUT2D eigenvalue weighted by molar-refractivity contribution is 6.30. The Labute approximate surface area is 207 Å². The van der Waals surface area contributed by atoms with Gasteiger partial charge in [0.05, 0.1) is 11.6 Å². The van der Waals surface area contributed by atoms with E-state index in [1.807, 2.05) is 0 Å². The Bertz CT molecular complexity index is 1380. The SMILES string of the molecule is Cn1c2c(c(=O)n(CCCO)c1=O)N(Cc1cncc(Cl)c1)C(Oc1cccc(OC(F)(F)F)c1)N2. The summed E-state index contributed by atoms with van der Waals surface area (Å²) in [7, 11) is 1.46. The van der Waals surface area contributed by atoms with Gasteiger partial charge in [-0.1, -0.05) is 17.7 Å². The van der Waals surface area contributed by atoms with E-state index in [1.165, 1.54) is 41.0 Å². The maximum Gasteiger partial charge on any atom is 0.573 e. The van der Waals surface area contributed by atoms with E-state index in [2.05, 4.69) is 15.0 Å². The molecule has 1 aliphatic rings. The first-order chi connectivity index (χ1) is 17.1. The lowest BCUT2D eigenvalue weighted by Gasteiger charge is -2.26. The van der Waals surface area contributed by atoms with Gasteiger partial charge < -0.3 is 24.8 Å². The van der Waals surface area contributed by atoms with Crippen LogP contribution in [-0.4, -0.2) is 38.5 Å². The topological polar surface area (TPSA) is 111 Å². The van der Waals surface area contributed by atoms with Crippen molar-refractivity contribution in [1.82, 2.24) is 14.1 Å². The van der Waals surface area contributed by atoms with E-state index >= 15 is 0 Å². The number of alkyl halides is 3. The van der Waals surface area contributed by atoms with Crippen LogP contribution < -0.4 is 30.9 Å². The minimum absolute atomic E-state index is 0.00972. The van der Waals surface area contributed by atoms with Gasteiger partial charge in [-0.3, -0.25) is 18.9 Å². The number of rotatable bonds is 8. The van der Waals surface area contributed by atoms with E-state index in [0.717, 1.165) is 16.7 Å². The molecule has 0 saturated heterocycles. The monoisotopic (exact) mass is 527 g/mol. The van der Waals surface area contributed by atoms with Crippen molar-refractivity contribution in [2.24, 2.45) is 7.05 Å². The highest BCUT2D eigenvalue weighted by Gasteiger charge is 2.37. The van der Waals surface area contributed by atoms with Gasteiger partial charge in [0.15, 0.2) is 0 Å². The highest BCUT2D eigenvalue weighted by Crippen LogP contribution is 2.34. The summed E-state index contributed by atoms with van der Waals surface area (Å²) in [5, 5.41) is 12.5. The van der Waals surface area contributed by atoms with Gasteiger partial charge in [0, 0.05) is 38.7 Å². The zero-order chi connectivity index (χ0) is 26.0. The van der Waals surface area contributed by atoms with Gasteiger partial charge in [-0.2, -0.15) is 0 Å². The first kappa shape index (κ1) is 25.4. The molecule has 0 saturated carbocycles. The molecule has 0 aliphatic carbocycles. The molecular weight excluding hydrogens is 507 g/mol. The number of nitrogens with one attached hydrogen (secondary N) is 1. The number of hydrogen-bond donors (Lipinski definition) is 2. The molecule has 0 bridgehead atoms. The number of nitrogens with zero attached hydrogens (tertiary/aromatic N) is 4. The number of benzene rings is 1. The molecule has 14 heteroatoms.